The Balaban J connectivity index is 2.63. The number of hydrogen-bond acceptors (Lipinski definition) is 2. The molecular weight excluding hydrogens is 137 g/mol. The van der Waals surface area contributed by atoms with Gasteiger partial charge in [0.25, 0.3) is 0 Å². The van der Waals surface area contributed by atoms with Crippen molar-refractivity contribution in [2.24, 2.45) is 0 Å². The predicted octanol–water partition coefficient (Wildman–Crippen LogP) is 0.367. The molecule has 0 N–H and O–H groups in total. The molecule has 0 radical (unpaired) electrons. The van der Waals surface area contributed by atoms with Gasteiger partial charge in [0.1, 0.15) is 18.8 Å². The van der Waals surface area contributed by atoms with Crippen molar-refractivity contribution in [3.8, 4) is 12.1 Å². The summed E-state index contributed by atoms with van der Waals surface area (Å²) in [5.41, 5.74) is 0. The molecular formula is C6H6FNO2. The Hall–Kier alpha value is -1.24. The molecule has 1 saturated heterocycles. The minimum absolute atomic E-state index is 0.159. The van der Waals surface area contributed by atoms with E-state index in [0.717, 1.165) is 0 Å². The minimum Gasteiger partial charge on any atom is -0.446 e. The summed E-state index contributed by atoms with van der Waals surface area (Å²) >= 11 is 0. The molecule has 10 heavy (non-hydrogen) atoms. The van der Waals surface area contributed by atoms with E-state index in [1.54, 1.807) is 0 Å². The number of carbonyl (C=O) groups is 1. The van der Waals surface area contributed by atoms with Crippen LogP contribution in [0.4, 0.5) is 9.18 Å². The molecule has 1 aliphatic heterocycles. The average molecular weight is 143 g/mol. The summed E-state index contributed by atoms with van der Waals surface area (Å²) in [6, 6.07) is -0.419. The average Bonchev–Trinajstić information content (AvgIpc) is 2.20. The van der Waals surface area contributed by atoms with Crippen molar-refractivity contribution >= 4 is 6.09 Å². The zero-order valence-corrected chi connectivity index (χ0v) is 5.43. The van der Waals surface area contributed by atoms with E-state index in [1.165, 1.54) is 18.1 Å². The second-order valence-corrected chi connectivity index (χ2v) is 1.94. The van der Waals surface area contributed by atoms with Crippen LogP contribution in [0, 0.1) is 12.1 Å². The van der Waals surface area contributed by atoms with Gasteiger partial charge in [0, 0.05) is 7.05 Å². The van der Waals surface area contributed by atoms with Gasteiger partial charge in [0.15, 0.2) is 0 Å². The van der Waals surface area contributed by atoms with Crippen LogP contribution in [-0.2, 0) is 4.74 Å². The second kappa shape index (κ2) is 2.56. The predicted molar refractivity (Wildman–Crippen MR) is 31.8 cm³/mol. The van der Waals surface area contributed by atoms with E-state index in [-0.39, 0.29) is 6.61 Å². The van der Waals surface area contributed by atoms with Gasteiger partial charge in [-0.25, -0.2) is 4.79 Å². The molecule has 4 heteroatoms. The summed E-state index contributed by atoms with van der Waals surface area (Å²) in [6.07, 6.45) is 0.786. The maximum absolute atomic E-state index is 11.4. The number of ether oxygens (including phenoxy) is 1. The van der Waals surface area contributed by atoms with Crippen LogP contribution in [0.15, 0.2) is 0 Å². The molecule has 3 nitrogen and oxygen atoms in total. The topological polar surface area (TPSA) is 29.5 Å². The lowest BCUT2D eigenvalue weighted by Crippen LogP contribution is -2.27. The largest absolute Gasteiger partial charge is 0.446 e. The molecule has 1 heterocycles. The monoisotopic (exact) mass is 143 g/mol. The van der Waals surface area contributed by atoms with E-state index in [1.807, 2.05) is 0 Å². The standard InChI is InChI=1S/C6H6FNO2/c1-8-5(2-3-7)4-10-6(8)9/h5H,4H2,1H3. The Kier molecular flexibility index (Phi) is 1.76. The Labute approximate surface area is 57.8 Å². The van der Waals surface area contributed by atoms with Crippen molar-refractivity contribution in [1.82, 2.24) is 4.90 Å². The normalized spacial score (nSPS) is 23.6. The van der Waals surface area contributed by atoms with E-state index < -0.39 is 12.1 Å². The summed E-state index contributed by atoms with van der Waals surface area (Å²) < 4.78 is 15.9. The van der Waals surface area contributed by atoms with Crippen LogP contribution in [0.3, 0.4) is 0 Å². The summed E-state index contributed by atoms with van der Waals surface area (Å²) in [5, 5.41) is 0. The van der Waals surface area contributed by atoms with Gasteiger partial charge in [-0.15, -0.1) is 4.39 Å². The number of rotatable bonds is 0. The maximum Gasteiger partial charge on any atom is 0.410 e. The molecule has 0 aliphatic carbocycles. The molecule has 0 aromatic carbocycles. The highest BCUT2D eigenvalue weighted by Crippen LogP contribution is 2.07. The van der Waals surface area contributed by atoms with Gasteiger partial charge in [-0.3, -0.25) is 4.90 Å². The fraction of sp³-hybridized carbons (Fsp3) is 0.500. The van der Waals surface area contributed by atoms with Crippen LogP contribution >= 0.6 is 0 Å². The fourth-order valence-electron chi connectivity index (χ4n) is 0.693. The SMILES string of the molecule is CN1C(=O)OCC1C#CF. The number of cyclic esters (lactones) is 1. The van der Waals surface area contributed by atoms with Gasteiger partial charge in [-0.05, 0) is 5.92 Å². The molecule has 0 spiro atoms. The fourth-order valence-corrected chi connectivity index (χ4v) is 0.693. The van der Waals surface area contributed by atoms with Gasteiger partial charge in [-0.2, -0.15) is 0 Å². The van der Waals surface area contributed by atoms with Crippen molar-refractivity contribution < 1.29 is 13.9 Å². The van der Waals surface area contributed by atoms with Crippen molar-refractivity contribution in [1.29, 1.82) is 0 Å². The van der Waals surface area contributed by atoms with Crippen molar-refractivity contribution in [2.75, 3.05) is 13.7 Å². The van der Waals surface area contributed by atoms with E-state index in [9.17, 15) is 9.18 Å². The molecule has 54 valence electrons. The quantitative estimate of drug-likeness (QED) is 0.458. The Bertz CT molecular complexity index is 206. The van der Waals surface area contributed by atoms with E-state index in [2.05, 4.69) is 10.7 Å². The maximum atomic E-state index is 11.4. The van der Waals surface area contributed by atoms with Crippen molar-refractivity contribution in [2.45, 2.75) is 6.04 Å². The third-order valence-corrected chi connectivity index (χ3v) is 1.34. The third kappa shape index (κ3) is 1.03. The van der Waals surface area contributed by atoms with E-state index >= 15 is 0 Å². The number of carbonyl (C=O) groups excluding carboxylic acids is 1. The van der Waals surface area contributed by atoms with Crippen LogP contribution < -0.4 is 0 Å². The zero-order chi connectivity index (χ0) is 7.56. The molecule has 1 amide bonds. The highest BCUT2D eigenvalue weighted by molar-refractivity contribution is 5.70. The van der Waals surface area contributed by atoms with Crippen LogP contribution in [-0.4, -0.2) is 30.7 Å². The lowest BCUT2D eigenvalue weighted by Gasteiger charge is -2.07. The Morgan fingerprint density at radius 1 is 1.90 bits per heavy atom. The molecule has 1 rings (SSSR count). The van der Waals surface area contributed by atoms with Crippen LogP contribution in [0.5, 0.6) is 0 Å². The lowest BCUT2D eigenvalue weighted by atomic mass is 10.3. The number of hydrogen-bond donors (Lipinski definition) is 0. The Morgan fingerprint density at radius 2 is 2.60 bits per heavy atom. The highest BCUT2D eigenvalue weighted by atomic mass is 19.1. The summed E-state index contributed by atoms with van der Waals surface area (Å²) in [4.78, 5) is 11.8. The zero-order valence-electron chi connectivity index (χ0n) is 5.43. The molecule has 1 aliphatic rings. The first-order valence-corrected chi connectivity index (χ1v) is 2.76. The number of likely N-dealkylation sites (N-methyl/N-ethyl adjacent to an activating group) is 1. The number of amides is 1. The lowest BCUT2D eigenvalue weighted by molar-refractivity contribution is 0.163. The Morgan fingerprint density at radius 3 is 3.00 bits per heavy atom. The van der Waals surface area contributed by atoms with Crippen molar-refractivity contribution in [3.05, 3.63) is 0 Å². The van der Waals surface area contributed by atoms with E-state index in [4.69, 9.17) is 0 Å². The molecule has 1 atom stereocenters. The van der Waals surface area contributed by atoms with Gasteiger partial charge >= 0.3 is 6.09 Å². The van der Waals surface area contributed by atoms with Gasteiger partial charge in [-0.1, -0.05) is 0 Å². The molecule has 0 saturated carbocycles. The number of halogens is 1. The summed E-state index contributed by atoms with van der Waals surface area (Å²) in [6.45, 7) is 0.159. The third-order valence-electron chi connectivity index (χ3n) is 1.34. The summed E-state index contributed by atoms with van der Waals surface area (Å²) in [7, 11) is 1.52. The minimum atomic E-state index is -0.451. The summed E-state index contributed by atoms with van der Waals surface area (Å²) in [5.74, 6) is 2.19. The molecule has 1 unspecified atom stereocenters. The molecule has 0 bridgehead atoms. The smallest absolute Gasteiger partial charge is 0.410 e. The first-order valence-electron chi connectivity index (χ1n) is 2.76. The first kappa shape index (κ1) is 6.87. The van der Waals surface area contributed by atoms with Gasteiger partial charge in [0.05, 0.1) is 0 Å². The van der Waals surface area contributed by atoms with Crippen molar-refractivity contribution in [3.63, 3.8) is 0 Å². The van der Waals surface area contributed by atoms with Crippen LogP contribution in [0.25, 0.3) is 0 Å². The second-order valence-electron chi connectivity index (χ2n) is 1.94. The highest BCUT2D eigenvalue weighted by Gasteiger charge is 2.27. The van der Waals surface area contributed by atoms with E-state index in [0.29, 0.717) is 0 Å². The molecule has 0 aromatic heterocycles. The number of nitrogens with zero attached hydrogens (tertiary/aromatic N) is 1. The molecule has 0 aromatic rings. The first-order chi connectivity index (χ1) is 4.75. The van der Waals surface area contributed by atoms with Gasteiger partial charge < -0.3 is 4.74 Å². The van der Waals surface area contributed by atoms with Gasteiger partial charge in [0.2, 0.25) is 0 Å². The van der Waals surface area contributed by atoms with Crippen LogP contribution in [0.2, 0.25) is 0 Å². The molecule has 1 fully saturated rings. The van der Waals surface area contributed by atoms with Crippen LogP contribution in [0.1, 0.15) is 0 Å².